The fraction of sp³-hybridized carbons (Fsp3) is 0.161. The van der Waals surface area contributed by atoms with E-state index in [1.807, 2.05) is 157 Å². The van der Waals surface area contributed by atoms with Crippen LogP contribution in [-0.2, 0) is 62.4 Å². The Morgan fingerprint density at radius 1 is 0.471 bits per heavy atom. The SMILES string of the molecule is CC(C)(C)[S@](=O)N=Cc1cc(-c2cc(F)ccc2F)cn1Cc1ccccc1.CC(C)(N)[S@@](N)=O.COC(=O)c1cc(-c2cc(F)ccc2F)cn1Cc1ccccc1.COC(=O)c1cc(Br)c[nH]1.COC(=O)c1cc(Br)cn1Cc1ccccc1.O=Cc1cc(-c2cc(F)ccc2F)cn1Cc1ccccc1.OB(O)c1cc(F)ccc1F. The Kier molecular flexibility index (Phi) is 36.2. The van der Waals surface area contributed by atoms with Crippen LogP contribution in [0.25, 0.3) is 33.4 Å². The predicted molar refractivity (Wildman–Crippen MR) is 454 cm³/mol. The van der Waals surface area contributed by atoms with Gasteiger partial charge in [0.1, 0.15) is 90.5 Å². The molecule has 0 radical (unpaired) electrons. The van der Waals surface area contributed by atoms with E-state index in [0.717, 1.165) is 97.9 Å². The number of aromatic amines is 1. The average Bonchev–Trinajstić information content (AvgIpc) is 1.71. The number of nitrogens with two attached hydrogens (primary N) is 2. The lowest BCUT2D eigenvalue weighted by Crippen LogP contribution is -2.40. The molecule has 0 aliphatic rings. The van der Waals surface area contributed by atoms with Gasteiger partial charge in [0.15, 0.2) is 6.29 Å². The second-order valence-electron chi connectivity index (χ2n) is 27.2. The number of H-pyrrole nitrogens is 1. The molecule has 119 heavy (non-hydrogen) atoms. The van der Waals surface area contributed by atoms with Crippen LogP contribution in [0.1, 0.15) is 105 Å². The number of rotatable bonds is 19. The zero-order valence-corrected chi connectivity index (χ0v) is 70.2. The van der Waals surface area contributed by atoms with E-state index in [9.17, 15) is 62.7 Å². The first-order chi connectivity index (χ1) is 56.5. The van der Waals surface area contributed by atoms with E-state index in [2.05, 4.69) is 46.0 Å². The second-order valence-corrected chi connectivity index (χ2v) is 32.6. The fourth-order valence-corrected chi connectivity index (χ4v) is 11.9. The summed E-state index contributed by atoms with van der Waals surface area (Å²) in [6, 6.07) is 59.5. The van der Waals surface area contributed by atoms with E-state index in [-0.39, 0.29) is 34.3 Å². The molecule has 0 amide bonds. The van der Waals surface area contributed by atoms with Crippen LogP contribution in [0.3, 0.4) is 0 Å². The Hall–Kier alpha value is -11.5. The van der Waals surface area contributed by atoms with E-state index in [1.54, 1.807) is 72.0 Å². The molecule has 0 aliphatic heterocycles. The lowest BCUT2D eigenvalue weighted by molar-refractivity contribution is 0.0580. The highest BCUT2D eigenvalue weighted by molar-refractivity contribution is 9.10. The third-order valence-electron chi connectivity index (χ3n) is 16.6. The summed E-state index contributed by atoms with van der Waals surface area (Å²) in [4.78, 5) is 47.5. The molecule has 0 saturated heterocycles. The highest BCUT2D eigenvalue weighted by atomic mass is 79.9. The lowest BCUT2D eigenvalue weighted by atomic mass is 9.80. The summed E-state index contributed by atoms with van der Waals surface area (Å²) in [5.74, 6) is -5.87. The van der Waals surface area contributed by atoms with Gasteiger partial charge in [-0.3, -0.25) is 9.93 Å². The number of hydrogen-bond donors (Lipinski definition) is 5. The third-order valence-corrected chi connectivity index (χ3v) is 19.9. The van der Waals surface area contributed by atoms with Crippen LogP contribution in [0.2, 0.25) is 0 Å². The van der Waals surface area contributed by atoms with Gasteiger partial charge in [0, 0.05) is 105 Å². The van der Waals surface area contributed by atoms with Crippen molar-refractivity contribution in [3.63, 3.8) is 0 Å². The summed E-state index contributed by atoms with van der Waals surface area (Å²) in [6.45, 7) is 10.9. The molecule has 8 aromatic carbocycles. The molecule has 13 aromatic rings. The summed E-state index contributed by atoms with van der Waals surface area (Å²) < 4.78 is 156. The summed E-state index contributed by atoms with van der Waals surface area (Å²) in [7, 11) is -0.774. The van der Waals surface area contributed by atoms with Gasteiger partial charge < -0.3 is 53.2 Å². The first kappa shape index (κ1) is 94.7. The van der Waals surface area contributed by atoms with Crippen molar-refractivity contribution in [2.75, 3.05) is 21.3 Å². The van der Waals surface area contributed by atoms with Gasteiger partial charge in [-0.25, -0.2) is 57.9 Å². The number of carbonyl (C=O) groups excluding carboxylic acids is 4. The number of hydrogen-bond acceptors (Lipinski definition) is 12. The van der Waals surface area contributed by atoms with Crippen molar-refractivity contribution in [3.8, 4) is 33.4 Å². The van der Waals surface area contributed by atoms with Gasteiger partial charge >= 0.3 is 25.0 Å². The van der Waals surface area contributed by atoms with Crippen LogP contribution in [0.15, 0.2) is 269 Å². The molecule has 2 atom stereocenters. The third kappa shape index (κ3) is 29.5. The molecule has 19 nitrogen and oxygen atoms in total. The molecule has 0 unspecified atom stereocenters. The molecule has 0 fully saturated rings. The highest BCUT2D eigenvalue weighted by Gasteiger charge is 2.23. The Labute approximate surface area is 704 Å². The standard InChI is InChI=1S/C22H22F2N2OS.C19H15F2NO2.C18H13F2NO.C13H12BrNO2.C6H5BF2O2.C6H6BrNO2.C3H10N2OS/c1-22(2,3)28(27)25-13-19-11-17(20-12-18(23)9-10-21(20)24)15-26(19)14-16-7-5-4-6-8-16;1-24-19(23)18-9-14(16-10-15(20)7-8-17(16)21)12-22(18)11-13-5-3-2-4-6-13;19-15-6-7-18(20)17(9-15)14-8-16(12-22)21(11-14)10-13-4-2-1-3-5-13;1-17-13(16)12-7-11(14)9-15(12)8-10-5-3-2-4-6-10;8-4-1-2-6(9)5(3-4)7(10)11;1-10-6(9)5-2-4(7)3-8-5;1-3(2,4)7(5)6/h4-13,15H,14H2,1-3H3;2-10,12H,11H2,1H3;1-9,11-12H,10H2;2-7,9H,8H2,1H3;1-3,10-11H;2-3,8H,1H3;4-5H2,1-2H3/t28-;;;;;;7-/m0.....0/s1. The van der Waals surface area contributed by atoms with Crippen LogP contribution in [0.4, 0.5) is 35.1 Å². The summed E-state index contributed by atoms with van der Waals surface area (Å²) in [5, 5.41) is 21.9. The lowest BCUT2D eigenvalue weighted by Gasteiger charge is -2.13. The van der Waals surface area contributed by atoms with Gasteiger partial charge in [-0.05, 0) is 192 Å². The topological polar surface area (TPSA) is 270 Å². The fourth-order valence-electron chi connectivity index (χ4n) is 10.6. The van der Waals surface area contributed by atoms with Gasteiger partial charge in [0.05, 0.1) is 43.7 Å². The molecular formula is C87H83BBr2F8N8O11S2. The van der Waals surface area contributed by atoms with Crippen molar-refractivity contribution < 1.29 is 87.0 Å². The quantitative estimate of drug-likeness (QED) is 0.0126. The zero-order valence-electron chi connectivity index (χ0n) is 65.4. The number of halogens is 10. The van der Waals surface area contributed by atoms with Gasteiger partial charge in [-0.1, -0.05) is 121 Å². The Bertz CT molecular complexity index is 5610. The van der Waals surface area contributed by atoms with Crippen molar-refractivity contribution in [1.82, 2.24) is 23.3 Å². The normalized spacial score (nSPS) is 11.3. The van der Waals surface area contributed by atoms with Gasteiger partial charge in [-0.15, -0.1) is 0 Å². The maximum Gasteiger partial charge on any atom is 0.491 e. The van der Waals surface area contributed by atoms with E-state index in [4.69, 9.17) is 30.4 Å². The average molecular weight is 1800 g/mol. The number of benzene rings is 8. The largest absolute Gasteiger partial charge is 0.491 e. The first-order valence-electron chi connectivity index (χ1n) is 35.7. The predicted octanol–water partition coefficient (Wildman–Crippen LogP) is 17.5. The molecule has 622 valence electrons. The molecule has 7 N–H and O–H groups in total. The van der Waals surface area contributed by atoms with Gasteiger partial charge in [-0.2, -0.15) is 4.40 Å². The number of aromatic nitrogens is 5. The van der Waals surface area contributed by atoms with E-state index in [1.165, 1.54) is 39.7 Å². The van der Waals surface area contributed by atoms with Crippen LogP contribution in [0, 0.1) is 46.5 Å². The van der Waals surface area contributed by atoms with Crippen LogP contribution in [0.5, 0.6) is 0 Å². The molecule has 13 rings (SSSR count). The van der Waals surface area contributed by atoms with Crippen LogP contribution < -0.4 is 16.3 Å². The minimum atomic E-state index is -1.97. The van der Waals surface area contributed by atoms with Crippen LogP contribution >= 0.6 is 31.9 Å². The molecular weight excluding hydrogens is 1720 g/mol. The number of nitrogens with one attached hydrogen (secondary N) is 1. The zero-order chi connectivity index (χ0) is 87.3. The summed E-state index contributed by atoms with van der Waals surface area (Å²) >= 11 is 6.56. The van der Waals surface area contributed by atoms with E-state index in [0.29, 0.717) is 71.9 Å². The van der Waals surface area contributed by atoms with Crippen molar-refractivity contribution in [1.29, 1.82) is 0 Å². The number of ether oxygens (including phenoxy) is 3. The van der Waals surface area contributed by atoms with Crippen molar-refractivity contribution in [2.24, 2.45) is 15.3 Å². The van der Waals surface area contributed by atoms with E-state index >= 15 is 0 Å². The molecule has 5 aromatic heterocycles. The summed E-state index contributed by atoms with van der Waals surface area (Å²) in [6.07, 6.45) is 10.8. The Morgan fingerprint density at radius 2 is 0.815 bits per heavy atom. The second kappa shape index (κ2) is 45.5. The maximum absolute atomic E-state index is 14.2. The Balaban J connectivity index is 0.000000199. The van der Waals surface area contributed by atoms with Crippen molar-refractivity contribution >= 4 is 96.8 Å². The molecule has 0 spiro atoms. The first-order valence-corrected chi connectivity index (χ1v) is 39.6. The number of nitrogens with zero attached hydrogens (tertiary/aromatic N) is 5. The van der Waals surface area contributed by atoms with Crippen LogP contribution in [-0.4, -0.2) is 110 Å². The smallest absolute Gasteiger partial charge is 0.464 e. The molecule has 0 aliphatic carbocycles. The van der Waals surface area contributed by atoms with Gasteiger partial charge in [0.25, 0.3) is 0 Å². The van der Waals surface area contributed by atoms with Gasteiger partial charge in [0.2, 0.25) is 0 Å². The molecule has 5 heterocycles. The van der Waals surface area contributed by atoms with E-state index < -0.39 is 96.7 Å². The minimum absolute atomic E-state index is 0.104. The van der Waals surface area contributed by atoms with Crippen molar-refractivity contribution in [3.05, 3.63) is 362 Å². The maximum atomic E-state index is 14.2. The monoisotopic (exact) mass is 1800 g/mol. The van der Waals surface area contributed by atoms with Crippen molar-refractivity contribution in [2.45, 2.75) is 70.4 Å². The molecule has 0 saturated carbocycles. The number of aldehydes is 1. The summed E-state index contributed by atoms with van der Waals surface area (Å²) in [5.41, 5.74) is 13.2. The molecule has 32 heteroatoms. The minimum Gasteiger partial charge on any atom is -0.464 e. The molecule has 0 bridgehead atoms. The highest BCUT2D eigenvalue weighted by Crippen LogP contribution is 2.31. The Morgan fingerprint density at radius 3 is 1.17 bits per heavy atom. The number of methoxy groups -OCH3 is 3. The number of esters is 3. The number of carbonyl (C=O) groups is 4.